The molecular weight excluding hydrogens is 400 g/mol. The molecule has 1 amide bonds. The zero-order valence-corrected chi connectivity index (χ0v) is 17.5. The Morgan fingerprint density at radius 3 is 2.68 bits per heavy atom. The van der Waals surface area contributed by atoms with Crippen molar-refractivity contribution < 1.29 is 22.7 Å². The number of sulfonamides is 1. The van der Waals surface area contributed by atoms with Crippen LogP contribution in [0.1, 0.15) is 18.7 Å². The number of ether oxygens (including phenoxy) is 2. The average molecular weight is 425 g/mol. The Kier molecular flexibility index (Phi) is 6.71. The fraction of sp³-hybridized carbons (Fsp3) is 0.421. The molecule has 9 heteroatoms. The van der Waals surface area contributed by atoms with Crippen LogP contribution in [0.25, 0.3) is 0 Å². The van der Waals surface area contributed by atoms with E-state index in [1.54, 1.807) is 6.07 Å². The summed E-state index contributed by atoms with van der Waals surface area (Å²) >= 11 is 1.50. The average Bonchev–Trinajstić information content (AvgIpc) is 3.16. The minimum absolute atomic E-state index is 0.116. The van der Waals surface area contributed by atoms with E-state index in [0.717, 1.165) is 4.88 Å². The van der Waals surface area contributed by atoms with Crippen LogP contribution in [0.4, 0.5) is 5.69 Å². The highest BCUT2D eigenvalue weighted by Crippen LogP contribution is 2.30. The molecule has 2 aromatic rings. The number of anilines is 1. The lowest BCUT2D eigenvalue weighted by molar-refractivity contribution is -0.115. The molecule has 28 heavy (non-hydrogen) atoms. The number of nitrogens with zero attached hydrogens (tertiary/aromatic N) is 1. The van der Waals surface area contributed by atoms with Crippen LogP contribution >= 0.6 is 11.3 Å². The van der Waals surface area contributed by atoms with Crippen molar-refractivity contribution in [3.05, 3.63) is 40.6 Å². The lowest BCUT2D eigenvalue weighted by atomic mass is 10.2. The first-order valence-electron chi connectivity index (χ1n) is 9.07. The summed E-state index contributed by atoms with van der Waals surface area (Å²) in [5.74, 6) is 0.215. The first-order valence-corrected chi connectivity index (χ1v) is 11.4. The van der Waals surface area contributed by atoms with Gasteiger partial charge in [0.2, 0.25) is 15.9 Å². The predicted octanol–water partition coefficient (Wildman–Crippen LogP) is 2.74. The number of amides is 1. The molecule has 2 heterocycles. The second-order valence-electron chi connectivity index (χ2n) is 6.65. The maximum atomic E-state index is 12.9. The molecule has 0 spiro atoms. The highest BCUT2D eigenvalue weighted by molar-refractivity contribution is 7.89. The predicted molar refractivity (Wildman–Crippen MR) is 108 cm³/mol. The number of nitrogens with one attached hydrogen (secondary N) is 1. The van der Waals surface area contributed by atoms with Gasteiger partial charge in [0.1, 0.15) is 5.75 Å². The van der Waals surface area contributed by atoms with Gasteiger partial charge in [-0.2, -0.15) is 4.31 Å². The van der Waals surface area contributed by atoms with Gasteiger partial charge >= 0.3 is 0 Å². The molecule has 1 fully saturated rings. The summed E-state index contributed by atoms with van der Waals surface area (Å²) < 4.78 is 38.3. The van der Waals surface area contributed by atoms with Gasteiger partial charge in [-0.15, -0.1) is 11.3 Å². The van der Waals surface area contributed by atoms with Crippen LogP contribution in [0.15, 0.2) is 40.6 Å². The van der Waals surface area contributed by atoms with E-state index in [4.69, 9.17) is 9.47 Å². The third-order valence-corrected chi connectivity index (χ3v) is 6.88. The third-order valence-electron chi connectivity index (χ3n) is 4.11. The molecule has 0 radical (unpaired) electrons. The van der Waals surface area contributed by atoms with E-state index in [0.29, 0.717) is 37.7 Å². The number of benzene rings is 1. The minimum atomic E-state index is -3.67. The largest absolute Gasteiger partial charge is 0.489 e. The van der Waals surface area contributed by atoms with Crippen molar-refractivity contribution in [1.82, 2.24) is 4.31 Å². The first kappa shape index (κ1) is 20.8. The summed E-state index contributed by atoms with van der Waals surface area (Å²) in [7, 11) is -3.67. The van der Waals surface area contributed by atoms with Crippen molar-refractivity contribution >= 4 is 33.0 Å². The van der Waals surface area contributed by atoms with Gasteiger partial charge in [-0.25, -0.2) is 8.42 Å². The van der Waals surface area contributed by atoms with Crippen LogP contribution < -0.4 is 10.1 Å². The second kappa shape index (κ2) is 9.04. The molecule has 0 atom stereocenters. The molecule has 1 aromatic heterocycles. The van der Waals surface area contributed by atoms with E-state index >= 15 is 0 Å². The van der Waals surface area contributed by atoms with Crippen molar-refractivity contribution in [2.24, 2.45) is 0 Å². The van der Waals surface area contributed by atoms with Gasteiger partial charge in [0.25, 0.3) is 0 Å². The smallest absolute Gasteiger partial charge is 0.243 e. The number of rotatable bonds is 7. The number of carbonyl (C=O) groups excluding carboxylic acids is 1. The molecular formula is C19H24N2O5S2. The first-order chi connectivity index (χ1) is 13.4. The zero-order valence-electron chi connectivity index (χ0n) is 15.9. The normalized spacial score (nSPS) is 15.5. The molecule has 152 valence electrons. The number of hydrogen-bond acceptors (Lipinski definition) is 6. The fourth-order valence-electron chi connectivity index (χ4n) is 2.83. The highest BCUT2D eigenvalue weighted by Gasteiger charge is 2.27. The third kappa shape index (κ3) is 5.11. The van der Waals surface area contributed by atoms with Gasteiger partial charge in [0.15, 0.2) is 0 Å². The number of carbonyl (C=O) groups is 1. The van der Waals surface area contributed by atoms with Crippen molar-refractivity contribution in [2.45, 2.75) is 31.3 Å². The van der Waals surface area contributed by atoms with Crippen LogP contribution in [0.2, 0.25) is 0 Å². The number of thiophene rings is 1. The molecule has 7 nitrogen and oxygen atoms in total. The number of hydrogen-bond donors (Lipinski definition) is 1. The van der Waals surface area contributed by atoms with E-state index < -0.39 is 10.0 Å². The molecule has 1 aromatic carbocycles. The SMILES string of the molecule is CC(C)Oc1ccc(S(=O)(=O)N2CCOCC2)cc1NC(=O)Cc1cccs1. The van der Waals surface area contributed by atoms with Gasteiger partial charge in [0.05, 0.1) is 36.3 Å². The molecule has 1 aliphatic rings. The van der Waals surface area contributed by atoms with E-state index in [1.807, 2.05) is 31.4 Å². The minimum Gasteiger partial charge on any atom is -0.489 e. The van der Waals surface area contributed by atoms with E-state index in [1.165, 1.54) is 27.8 Å². The topological polar surface area (TPSA) is 84.9 Å². The monoisotopic (exact) mass is 424 g/mol. The van der Waals surface area contributed by atoms with Crippen LogP contribution in [0.5, 0.6) is 5.75 Å². The molecule has 0 bridgehead atoms. The number of morpholine rings is 1. The van der Waals surface area contributed by atoms with Crippen LogP contribution in [-0.4, -0.2) is 51.0 Å². The van der Waals surface area contributed by atoms with E-state index in [9.17, 15) is 13.2 Å². The Hall–Kier alpha value is -1.94. The highest BCUT2D eigenvalue weighted by atomic mass is 32.2. The van der Waals surface area contributed by atoms with Crippen LogP contribution in [-0.2, 0) is 26.0 Å². The summed E-state index contributed by atoms with van der Waals surface area (Å²) in [6.45, 7) is 5.11. The Balaban J connectivity index is 1.86. The Morgan fingerprint density at radius 1 is 1.29 bits per heavy atom. The summed E-state index contributed by atoms with van der Waals surface area (Å²) in [5.41, 5.74) is 0.351. The Morgan fingerprint density at radius 2 is 2.04 bits per heavy atom. The van der Waals surface area contributed by atoms with Crippen molar-refractivity contribution in [3.63, 3.8) is 0 Å². The molecule has 3 rings (SSSR count). The van der Waals surface area contributed by atoms with Gasteiger partial charge in [-0.1, -0.05) is 6.07 Å². The zero-order chi connectivity index (χ0) is 20.1. The van der Waals surface area contributed by atoms with Crippen LogP contribution in [0.3, 0.4) is 0 Å². The van der Waals surface area contributed by atoms with E-state index in [2.05, 4.69) is 5.32 Å². The summed E-state index contributed by atoms with van der Waals surface area (Å²) in [6.07, 6.45) is 0.105. The van der Waals surface area contributed by atoms with Crippen molar-refractivity contribution in [2.75, 3.05) is 31.6 Å². The molecule has 0 aliphatic carbocycles. The maximum absolute atomic E-state index is 12.9. The summed E-state index contributed by atoms with van der Waals surface area (Å²) in [6, 6.07) is 8.34. The molecule has 0 unspecified atom stereocenters. The summed E-state index contributed by atoms with van der Waals surface area (Å²) in [4.78, 5) is 13.5. The quantitative estimate of drug-likeness (QED) is 0.739. The fourth-order valence-corrected chi connectivity index (χ4v) is 4.96. The van der Waals surface area contributed by atoms with Gasteiger partial charge in [0, 0.05) is 18.0 Å². The molecule has 0 saturated carbocycles. The molecule has 1 N–H and O–H groups in total. The van der Waals surface area contributed by atoms with Gasteiger partial charge in [-0.05, 0) is 43.5 Å². The van der Waals surface area contributed by atoms with Crippen LogP contribution in [0, 0.1) is 0 Å². The lowest BCUT2D eigenvalue weighted by Gasteiger charge is -2.26. The standard InChI is InChI=1S/C19H24N2O5S2/c1-14(2)26-18-6-5-16(28(23,24)21-7-9-25-10-8-21)13-17(18)20-19(22)12-15-4-3-11-27-15/h3-6,11,13-14H,7-10,12H2,1-2H3,(H,20,22). The Labute approximate surface area is 169 Å². The lowest BCUT2D eigenvalue weighted by Crippen LogP contribution is -2.40. The van der Waals surface area contributed by atoms with Crippen molar-refractivity contribution in [3.8, 4) is 5.75 Å². The maximum Gasteiger partial charge on any atom is 0.243 e. The second-order valence-corrected chi connectivity index (χ2v) is 9.62. The molecule has 1 saturated heterocycles. The Bertz CT molecular complexity index is 904. The molecule has 1 aliphatic heterocycles. The van der Waals surface area contributed by atoms with Crippen molar-refractivity contribution in [1.29, 1.82) is 0 Å². The van der Waals surface area contributed by atoms with Gasteiger partial charge in [-0.3, -0.25) is 4.79 Å². The van der Waals surface area contributed by atoms with Gasteiger partial charge < -0.3 is 14.8 Å². The summed E-state index contributed by atoms with van der Waals surface area (Å²) in [5, 5.41) is 4.71. The van der Waals surface area contributed by atoms with E-state index in [-0.39, 0.29) is 23.3 Å².